The van der Waals surface area contributed by atoms with Crippen molar-refractivity contribution in [1.82, 2.24) is 15.0 Å². The van der Waals surface area contributed by atoms with Crippen LogP contribution in [0.15, 0.2) is 34.9 Å². The van der Waals surface area contributed by atoms with Gasteiger partial charge in [-0.3, -0.25) is 14.6 Å². The summed E-state index contributed by atoms with van der Waals surface area (Å²) in [7, 11) is 0. The molecular weight excluding hydrogens is 426 g/mol. The molecule has 2 aliphatic rings. The molecule has 2 fully saturated rings. The zero-order chi connectivity index (χ0) is 22.5. The zero-order valence-electron chi connectivity index (χ0n) is 17.5. The molecule has 3 heterocycles. The van der Waals surface area contributed by atoms with E-state index in [0.29, 0.717) is 33.8 Å². The van der Waals surface area contributed by atoms with Gasteiger partial charge in [0.25, 0.3) is 0 Å². The van der Waals surface area contributed by atoms with Crippen molar-refractivity contribution in [2.75, 3.05) is 11.6 Å². The third-order valence-corrected chi connectivity index (χ3v) is 7.23. The molecule has 162 valence electrons. The van der Waals surface area contributed by atoms with Gasteiger partial charge in [-0.2, -0.15) is 5.26 Å². The summed E-state index contributed by atoms with van der Waals surface area (Å²) < 4.78 is 5.54. The lowest BCUT2D eigenvalue weighted by molar-refractivity contribution is -0.130. The Morgan fingerprint density at radius 3 is 2.81 bits per heavy atom. The second-order valence-corrected chi connectivity index (χ2v) is 9.36. The molecule has 2 amide bonds. The minimum absolute atomic E-state index is 0.0119. The molecule has 0 spiro atoms. The number of aryl methyl sites for hydroxylation is 1. The Morgan fingerprint density at radius 1 is 1.34 bits per heavy atom. The summed E-state index contributed by atoms with van der Waals surface area (Å²) in [6.07, 6.45) is 1.89. The number of hydrogen-bond acceptors (Lipinski definition) is 7. The lowest BCUT2D eigenvalue weighted by atomic mass is 9.90. The van der Waals surface area contributed by atoms with Gasteiger partial charge in [-0.25, -0.2) is 0 Å². The van der Waals surface area contributed by atoms with E-state index < -0.39 is 11.9 Å². The predicted octanol–water partition coefficient (Wildman–Crippen LogP) is 2.68. The first-order valence-corrected chi connectivity index (χ1v) is 11.5. The van der Waals surface area contributed by atoms with Crippen molar-refractivity contribution < 1.29 is 14.1 Å². The van der Waals surface area contributed by atoms with Gasteiger partial charge in [0.1, 0.15) is 11.8 Å². The number of thioether (sulfide) groups is 1. The van der Waals surface area contributed by atoms with Gasteiger partial charge in [0.05, 0.1) is 46.2 Å². The van der Waals surface area contributed by atoms with Crippen LogP contribution in [0, 0.1) is 18.3 Å². The van der Waals surface area contributed by atoms with Crippen LogP contribution in [0.4, 0.5) is 0 Å². The summed E-state index contributed by atoms with van der Waals surface area (Å²) in [5.41, 5.74) is 8.71. The Bertz CT molecular complexity index is 1290. The molecule has 2 N–H and O–H groups in total. The number of hydrogen-bond donors (Lipinski definition) is 1. The Labute approximate surface area is 188 Å². The van der Waals surface area contributed by atoms with Crippen LogP contribution >= 0.6 is 11.8 Å². The minimum Gasteiger partial charge on any atom is -0.366 e. The average Bonchev–Trinajstić information content (AvgIpc) is 3.23. The van der Waals surface area contributed by atoms with E-state index in [9.17, 15) is 14.9 Å². The third kappa shape index (κ3) is 3.41. The van der Waals surface area contributed by atoms with Crippen LogP contribution in [0.1, 0.15) is 45.9 Å². The van der Waals surface area contributed by atoms with Gasteiger partial charge in [0.15, 0.2) is 0 Å². The average molecular weight is 448 g/mol. The zero-order valence-corrected chi connectivity index (χ0v) is 18.3. The maximum atomic E-state index is 12.7. The molecule has 1 atom stereocenters. The molecule has 1 aromatic carbocycles. The first kappa shape index (κ1) is 20.5. The van der Waals surface area contributed by atoms with Gasteiger partial charge >= 0.3 is 0 Å². The molecule has 0 bridgehead atoms. The molecule has 1 unspecified atom stereocenters. The molecule has 1 saturated heterocycles. The Kier molecular flexibility index (Phi) is 4.90. The van der Waals surface area contributed by atoms with E-state index in [-0.39, 0.29) is 17.7 Å². The van der Waals surface area contributed by atoms with Crippen LogP contribution in [0.25, 0.3) is 10.9 Å². The molecule has 1 saturated carbocycles. The maximum Gasteiger partial charge on any atom is 0.249 e. The van der Waals surface area contributed by atoms with Crippen molar-refractivity contribution in [1.29, 1.82) is 5.26 Å². The smallest absolute Gasteiger partial charge is 0.249 e. The number of benzene rings is 1. The number of nitrogens with zero attached hydrogens (tertiary/aromatic N) is 4. The summed E-state index contributed by atoms with van der Waals surface area (Å²) in [4.78, 5) is 31.2. The largest absolute Gasteiger partial charge is 0.366 e. The number of nitrogens with two attached hydrogens (primary N) is 1. The van der Waals surface area contributed by atoms with Crippen LogP contribution < -0.4 is 5.73 Å². The maximum absolute atomic E-state index is 12.7. The van der Waals surface area contributed by atoms with Crippen LogP contribution in [0.2, 0.25) is 0 Å². The van der Waals surface area contributed by atoms with E-state index >= 15 is 0 Å². The Morgan fingerprint density at radius 2 is 2.16 bits per heavy atom. The highest BCUT2D eigenvalue weighted by Gasteiger charge is 2.49. The van der Waals surface area contributed by atoms with Gasteiger partial charge in [0, 0.05) is 17.2 Å². The fourth-order valence-corrected chi connectivity index (χ4v) is 5.42. The van der Waals surface area contributed by atoms with Gasteiger partial charge < -0.3 is 15.2 Å². The van der Waals surface area contributed by atoms with Crippen molar-refractivity contribution in [2.24, 2.45) is 5.73 Å². The van der Waals surface area contributed by atoms with Crippen LogP contribution in [0.5, 0.6) is 0 Å². The Hall–Kier alpha value is -3.38. The van der Waals surface area contributed by atoms with Gasteiger partial charge in [-0.15, -0.1) is 11.8 Å². The fraction of sp³-hybridized carbons (Fsp3) is 0.348. The quantitative estimate of drug-likeness (QED) is 0.637. The Balaban J connectivity index is 1.51. The molecule has 0 radical (unpaired) electrons. The van der Waals surface area contributed by atoms with Crippen LogP contribution in [0.3, 0.4) is 0 Å². The van der Waals surface area contributed by atoms with Gasteiger partial charge in [-0.05, 0) is 43.5 Å². The summed E-state index contributed by atoms with van der Waals surface area (Å²) in [5.74, 6) is 1.16. The lowest BCUT2D eigenvalue weighted by Crippen LogP contribution is -2.36. The van der Waals surface area contributed by atoms with Gasteiger partial charge in [-0.1, -0.05) is 11.2 Å². The molecule has 1 aliphatic carbocycles. The number of primary amides is 1. The highest BCUT2D eigenvalue weighted by atomic mass is 32.2. The summed E-state index contributed by atoms with van der Waals surface area (Å²) in [6.45, 7) is 1.89. The van der Waals surface area contributed by atoms with E-state index in [1.807, 2.05) is 31.2 Å². The van der Waals surface area contributed by atoms with Crippen molar-refractivity contribution >= 4 is 34.5 Å². The number of carbonyl (C=O) groups is 2. The first-order valence-electron chi connectivity index (χ1n) is 10.4. The van der Waals surface area contributed by atoms with Crippen molar-refractivity contribution in [3.8, 4) is 6.07 Å². The number of amides is 2. The highest BCUT2D eigenvalue weighted by Crippen LogP contribution is 2.54. The summed E-state index contributed by atoms with van der Waals surface area (Å²) in [6, 6.07) is 11.1. The normalized spacial score (nSPS) is 19.1. The van der Waals surface area contributed by atoms with E-state index in [4.69, 9.17) is 10.3 Å². The standard InChI is InChI=1S/C23H21N5O3S/c1-13-6-20(31-27-13)23(4-5-23)14-2-3-19-17(7-14)18(22(25)30)8-15(26-19)9-21(29)28-12-32-11-16(28)10-24/h2-3,6-8,16H,4-5,9,11-12H2,1H3,(H2,25,30). The molecule has 2 aromatic heterocycles. The first-order chi connectivity index (χ1) is 15.4. The summed E-state index contributed by atoms with van der Waals surface area (Å²) in [5, 5.41) is 13.9. The SMILES string of the molecule is Cc1cc(C2(c3ccc4nc(CC(=O)N5CSCC5C#N)cc(C(N)=O)c4c3)CC2)on1. The molecule has 32 heavy (non-hydrogen) atoms. The number of nitriles is 1. The van der Waals surface area contributed by atoms with E-state index in [1.54, 1.807) is 22.7 Å². The molecular formula is C23H21N5O3S. The predicted molar refractivity (Wildman–Crippen MR) is 119 cm³/mol. The highest BCUT2D eigenvalue weighted by molar-refractivity contribution is 7.99. The molecule has 5 rings (SSSR count). The van der Waals surface area contributed by atoms with E-state index in [2.05, 4.69) is 16.2 Å². The van der Waals surface area contributed by atoms with E-state index in [0.717, 1.165) is 29.9 Å². The molecule has 3 aromatic rings. The molecule has 9 heteroatoms. The number of carbonyl (C=O) groups excluding carboxylic acids is 2. The third-order valence-electron chi connectivity index (χ3n) is 6.21. The van der Waals surface area contributed by atoms with Crippen LogP contribution in [-0.4, -0.2) is 44.5 Å². The summed E-state index contributed by atoms with van der Waals surface area (Å²) >= 11 is 1.55. The van der Waals surface area contributed by atoms with Gasteiger partial charge in [0.2, 0.25) is 11.8 Å². The van der Waals surface area contributed by atoms with Crippen molar-refractivity contribution in [2.45, 2.75) is 37.6 Å². The number of fused-ring (bicyclic) bond motifs is 1. The minimum atomic E-state index is -0.574. The monoisotopic (exact) mass is 447 g/mol. The molecule has 8 nitrogen and oxygen atoms in total. The van der Waals surface area contributed by atoms with Crippen LogP contribution in [-0.2, 0) is 16.6 Å². The van der Waals surface area contributed by atoms with E-state index in [1.165, 1.54) is 0 Å². The number of pyridine rings is 1. The van der Waals surface area contributed by atoms with Crippen molar-refractivity contribution in [3.63, 3.8) is 0 Å². The van der Waals surface area contributed by atoms with Crippen molar-refractivity contribution in [3.05, 3.63) is 58.6 Å². The topological polar surface area (TPSA) is 126 Å². The number of aromatic nitrogens is 2. The second kappa shape index (κ2) is 7.64. The lowest BCUT2D eigenvalue weighted by Gasteiger charge is -2.19. The fourth-order valence-electron chi connectivity index (χ4n) is 4.32. The molecule has 1 aliphatic heterocycles. The number of rotatable bonds is 5. The second-order valence-electron chi connectivity index (χ2n) is 8.36.